The molecule has 0 aromatic carbocycles. The second kappa shape index (κ2) is 3.29. The van der Waals surface area contributed by atoms with Crippen LogP contribution in [-0.4, -0.2) is 13.4 Å². The average Bonchev–Trinajstić information content (AvgIpc) is 1.92. The molecule has 0 saturated carbocycles. The van der Waals surface area contributed by atoms with Crippen molar-refractivity contribution in [3.8, 4) is 0 Å². The second-order valence-electron chi connectivity index (χ2n) is 1.98. The Hall–Kier alpha value is -0.170. The molecule has 7 heteroatoms. The van der Waals surface area contributed by atoms with Gasteiger partial charge in [-0.15, -0.1) is 0 Å². The highest BCUT2D eigenvalue weighted by Crippen LogP contribution is 2.26. The van der Waals surface area contributed by atoms with Crippen molar-refractivity contribution in [2.75, 3.05) is 0 Å². The molecule has 0 radical (unpaired) electrons. The first kappa shape index (κ1) is 9.91. The molecule has 4 nitrogen and oxygen atoms in total. The van der Waals surface area contributed by atoms with E-state index in [0.29, 0.717) is 4.47 Å². The van der Waals surface area contributed by atoms with Crippen molar-refractivity contribution in [1.82, 2.24) is 4.98 Å². The number of aromatic nitrogens is 1. The van der Waals surface area contributed by atoms with E-state index in [1.165, 1.54) is 6.20 Å². The summed E-state index contributed by atoms with van der Waals surface area (Å²) in [6.07, 6.45) is 2.49. The van der Waals surface area contributed by atoms with Crippen molar-refractivity contribution in [3.63, 3.8) is 0 Å². The molecule has 0 fully saturated rings. The fourth-order valence-electron chi connectivity index (χ4n) is 0.600. The van der Waals surface area contributed by atoms with Gasteiger partial charge in [0.1, 0.15) is 4.90 Å². The van der Waals surface area contributed by atoms with Gasteiger partial charge in [0.2, 0.25) is 10.0 Å². The molecule has 0 atom stereocenters. The fourth-order valence-corrected chi connectivity index (χ4v) is 2.05. The van der Waals surface area contributed by atoms with Crippen molar-refractivity contribution < 1.29 is 8.42 Å². The highest BCUT2D eigenvalue weighted by molar-refractivity contribution is 9.10. The van der Waals surface area contributed by atoms with E-state index in [-0.39, 0.29) is 9.92 Å². The van der Waals surface area contributed by atoms with E-state index in [0.717, 1.165) is 6.20 Å². The molecule has 0 spiro atoms. The van der Waals surface area contributed by atoms with Gasteiger partial charge in [-0.25, -0.2) is 13.6 Å². The van der Waals surface area contributed by atoms with Gasteiger partial charge in [-0.2, -0.15) is 0 Å². The van der Waals surface area contributed by atoms with Crippen LogP contribution < -0.4 is 5.14 Å². The Morgan fingerprint density at radius 2 is 2.08 bits per heavy atom. The van der Waals surface area contributed by atoms with E-state index in [2.05, 4.69) is 20.9 Å². The third kappa shape index (κ3) is 1.95. The summed E-state index contributed by atoms with van der Waals surface area (Å²) in [5.41, 5.74) is 0. The molecule has 0 unspecified atom stereocenters. The van der Waals surface area contributed by atoms with Gasteiger partial charge in [0, 0.05) is 12.4 Å². The van der Waals surface area contributed by atoms with Crippen molar-refractivity contribution in [2.45, 2.75) is 4.90 Å². The summed E-state index contributed by atoms with van der Waals surface area (Å²) >= 11 is 8.66. The normalized spacial score (nSPS) is 11.6. The molecule has 0 bridgehead atoms. The van der Waals surface area contributed by atoms with E-state index in [1.54, 1.807) is 0 Å². The van der Waals surface area contributed by atoms with Crippen LogP contribution in [0.4, 0.5) is 0 Å². The first-order chi connectivity index (χ1) is 5.43. The van der Waals surface area contributed by atoms with Crippen LogP contribution in [0.1, 0.15) is 0 Å². The van der Waals surface area contributed by atoms with Crippen molar-refractivity contribution in [3.05, 3.63) is 21.9 Å². The van der Waals surface area contributed by atoms with Crippen molar-refractivity contribution in [1.29, 1.82) is 0 Å². The molecule has 0 saturated heterocycles. The van der Waals surface area contributed by atoms with E-state index in [4.69, 9.17) is 16.7 Å². The molecule has 0 aliphatic heterocycles. The molecule has 1 aromatic rings. The third-order valence-electron chi connectivity index (χ3n) is 1.11. The minimum atomic E-state index is -3.78. The van der Waals surface area contributed by atoms with Crippen molar-refractivity contribution >= 4 is 37.6 Å². The van der Waals surface area contributed by atoms with Crippen LogP contribution in [-0.2, 0) is 10.0 Å². The predicted molar refractivity (Wildman–Crippen MR) is 48.3 cm³/mol. The van der Waals surface area contributed by atoms with Gasteiger partial charge in [-0.3, -0.25) is 4.98 Å². The highest BCUT2D eigenvalue weighted by Gasteiger charge is 2.14. The second-order valence-corrected chi connectivity index (χ2v) is 4.74. The summed E-state index contributed by atoms with van der Waals surface area (Å²) < 4.78 is 22.1. The first-order valence-electron chi connectivity index (χ1n) is 2.74. The maximum absolute atomic E-state index is 10.8. The lowest BCUT2D eigenvalue weighted by molar-refractivity contribution is 0.597. The van der Waals surface area contributed by atoms with Crippen LogP contribution in [0.3, 0.4) is 0 Å². The number of nitrogens with two attached hydrogens (primary N) is 1. The van der Waals surface area contributed by atoms with E-state index in [9.17, 15) is 8.42 Å². The molecule has 0 aliphatic rings. The standard InChI is InChI=1S/C5H4BrClN2O2S/c6-3-1-9-2-4(5(3)7)12(8,10)11/h1-2H,(H2,8,10,11). The molecule has 66 valence electrons. The fraction of sp³-hybridized carbons (Fsp3) is 0. The van der Waals surface area contributed by atoms with Gasteiger partial charge in [-0.1, -0.05) is 11.6 Å². The Bertz CT molecular complexity index is 406. The predicted octanol–water partition coefficient (Wildman–Crippen LogP) is 1.14. The number of halogens is 2. The highest BCUT2D eigenvalue weighted by atomic mass is 79.9. The Morgan fingerprint density at radius 3 is 2.50 bits per heavy atom. The first-order valence-corrected chi connectivity index (χ1v) is 5.46. The van der Waals surface area contributed by atoms with Gasteiger partial charge >= 0.3 is 0 Å². The molecule has 1 heterocycles. The van der Waals surface area contributed by atoms with Gasteiger partial charge in [0.25, 0.3) is 0 Å². The van der Waals surface area contributed by atoms with Crippen LogP contribution in [0, 0.1) is 0 Å². The zero-order valence-electron chi connectivity index (χ0n) is 5.66. The lowest BCUT2D eigenvalue weighted by atomic mass is 10.5. The summed E-state index contributed by atoms with van der Waals surface area (Å²) in [7, 11) is -3.78. The Balaban J connectivity index is 3.47. The summed E-state index contributed by atoms with van der Waals surface area (Å²) in [5, 5.41) is 4.90. The van der Waals surface area contributed by atoms with Gasteiger partial charge in [-0.05, 0) is 15.9 Å². The molecule has 12 heavy (non-hydrogen) atoms. The monoisotopic (exact) mass is 270 g/mol. The van der Waals surface area contributed by atoms with E-state index >= 15 is 0 Å². The van der Waals surface area contributed by atoms with Crippen LogP contribution >= 0.6 is 27.5 Å². The number of nitrogens with zero attached hydrogens (tertiary/aromatic N) is 1. The summed E-state index contributed by atoms with van der Waals surface area (Å²) in [4.78, 5) is 3.44. The van der Waals surface area contributed by atoms with Crippen LogP contribution in [0.15, 0.2) is 21.8 Å². The molecular formula is C5H4BrClN2O2S. The number of rotatable bonds is 1. The Kier molecular flexibility index (Phi) is 2.72. The maximum atomic E-state index is 10.8. The number of primary sulfonamides is 1. The Labute approximate surface area is 82.9 Å². The zero-order chi connectivity index (χ0) is 9.35. The molecule has 0 amide bonds. The number of hydrogen-bond donors (Lipinski definition) is 1. The molecule has 1 rings (SSSR count). The minimum Gasteiger partial charge on any atom is -0.262 e. The number of pyridine rings is 1. The smallest absolute Gasteiger partial charge is 0.241 e. The van der Waals surface area contributed by atoms with Gasteiger partial charge in [0.15, 0.2) is 0 Å². The lowest BCUT2D eigenvalue weighted by Crippen LogP contribution is -2.13. The molecule has 0 aliphatic carbocycles. The van der Waals surface area contributed by atoms with Gasteiger partial charge < -0.3 is 0 Å². The molecule has 2 N–H and O–H groups in total. The number of sulfonamides is 1. The minimum absolute atomic E-state index is 0.0486. The number of hydrogen-bond acceptors (Lipinski definition) is 3. The largest absolute Gasteiger partial charge is 0.262 e. The average molecular weight is 272 g/mol. The summed E-state index contributed by atoms with van der Waals surface area (Å²) in [6.45, 7) is 0. The van der Waals surface area contributed by atoms with Crippen molar-refractivity contribution in [2.24, 2.45) is 5.14 Å². The topological polar surface area (TPSA) is 73.1 Å². The summed E-state index contributed by atoms with van der Waals surface area (Å²) in [6, 6.07) is 0. The lowest BCUT2D eigenvalue weighted by Gasteiger charge is -2.00. The van der Waals surface area contributed by atoms with E-state index in [1.807, 2.05) is 0 Å². The third-order valence-corrected chi connectivity index (χ3v) is 3.38. The van der Waals surface area contributed by atoms with Crippen LogP contribution in [0.5, 0.6) is 0 Å². The van der Waals surface area contributed by atoms with E-state index < -0.39 is 10.0 Å². The quantitative estimate of drug-likeness (QED) is 0.832. The molecule has 1 aromatic heterocycles. The zero-order valence-corrected chi connectivity index (χ0v) is 8.82. The summed E-state index contributed by atoms with van der Waals surface area (Å²) in [5.74, 6) is 0. The van der Waals surface area contributed by atoms with Crippen LogP contribution in [0.2, 0.25) is 5.02 Å². The molecular weight excluding hydrogens is 267 g/mol. The Morgan fingerprint density at radius 1 is 1.50 bits per heavy atom. The van der Waals surface area contributed by atoms with Gasteiger partial charge in [0.05, 0.1) is 9.50 Å². The van der Waals surface area contributed by atoms with Crippen LogP contribution in [0.25, 0.3) is 0 Å². The maximum Gasteiger partial charge on any atom is 0.241 e. The SMILES string of the molecule is NS(=O)(=O)c1cncc(Br)c1Cl.